The van der Waals surface area contributed by atoms with Gasteiger partial charge in [-0.2, -0.15) is 0 Å². The van der Waals surface area contributed by atoms with Crippen LogP contribution in [-0.4, -0.2) is 35.6 Å². The van der Waals surface area contributed by atoms with Crippen LogP contribution in [0.1, 0.15) is 22.5 Å². The number of hydrogen-bond acceptors (Lipinski definition) is 3. The lowest BCUT2D eigenvalue weighted by atomic mass is 10.0. The summed E-state index contributed by atoms with van der Waals surface area (Å²) in [4.78, 5) is 4.91. The van der Waals surface area contributed by atoms with Crippen LogP contribution in [0.3, 0.4) is 0 Å². The van der Waals surface area contributed by atoms with Gasteiger partial charge >= 0.3 is 0 Å². The monoisotopic (exact) mass is 485 g/mol. The highest BCUT2D eigenvalue weighted by atomic mass is 28.3. The van der Waals surface area contributed by atoms with E-state index < -0.39 is 16.5 Å². The van der Waals surface area contributed by atoms with Crippen molar-refractivity contribution in [1.82, 2.24) is 4.98 Å². The molecule has 1 aromatic heterocycles. The van der Waals surface area contributed by atoms with E-state index in [2.05, 4.69) is 124 Å². The van der Waals surface area contributed by atoms with Crippen LogP contribution < -0.4 is 9.13 Å². The van der Waals surface area contributed by atoms with E-state index in [-0.39, 0.29) is 0 Å². The molecule has 0 aliphatic rings. The topological polar surface area (TPSA) is 19.4 Å². The van der Waals surface area contributed by atoms with Crippen molar-refractivity contribution in [2.75, 3.05) is 23.2 Å². The van der Waals surface area contributed by atoms with Gasteiger partial charge in [-0.05, 0) is 61.6 Å². The smallest absolute Gasteiger partial charge is 0.147 e. The second kappa shape index (κ2) is 9.76. The summed E-state index contributed by atoms with van der Waals surface area (Å²) in [6.45, 7) is 22.8. The number of hydrogen-bond donors (Lipinski definition) is 0. The van der Waals surface area contributed by atoms with Crippen LogP contribution in [0, 0.1) is 0 Å². The van der Waals surface area contributed by atoms with Crippen LogP contribution in [0.5, 0.6) is 0 Å². The predicted molar refractivity (Wildman–Crippen MR) is 157 cm³/mol. The molecular weight excluding hydrogens is 447 g/mol. The molecule has 0 amide bonds. The van der Waals surface area contributed by atoms with Crippen molar-refractivity contribution in [1.29, 1.82) is 0 Å². The quantitative estimate of drug-likeness (QED) is 0.304. The third-order valence-corrected chi connectivity index (χ3v) is 11.1. The average molecular weight is 486 g/mol. The highest BCUT2D eigenvalue weighted by molar-refractivity contribution is 6.80. The molecular formula is C29H39N3Si2. The van der Waals surface area contributed by atoms with Crippen LogP contribution in [0.2, 0.25) is 39.3 Å². The number of anilines is 2. The molecule has 3 nitrogen and oxygen atoms in total. The van der Waals surface area contributed by atoms with Gasteiger partial charge in [0.25, 0.3) is 0 Å². The Morgan fingerprint density at radius 2 is 0.912 bits per heavy atom. The molecule has 0 saturated heterocycles. The molecule has 0 aliphatic heterocycles. The van der Waals surface area contributed by atoms with E-state index in [0.717, 1.165) is 33.7 Å². The van der Waals surface area contributed by atoms with Gasteiger partial charge in [0.1, 0.15) is 16.5 Å². The first-order valence-electron chi connectivity index (χ1n) is 11.8. The summed E-state index contributed by atoms with van der Waals surface area (Å²) in [5.41, 5.74) is 8.25. The minimum absolute atomic E-state index is 0.875. The Morgan fingerprint density at radius 3 is 1.21 bits per heavy atom. The summed E-state index contributed by atoms with van der Waals surface area (Å²) in [6, 6.07) is 23.4. The van der Waals surface area contributed by atoms with Crippen LogP contribution >= 0.6 is 0 Å². The lowest BCUT2D eigenvalue weighted by Gasteiger charge is -2.32. The number of pyridine rings is 1. The third-order valence-electron chi connectivity index (χ3n) is 6.59. The van der Waals surface area contributed by atoms with Crippen molar-refractivity contribution in [2.45, 2.75) is 39.3 Å². The summed E-state index contributed by atoms with van der Waals surface area (Å²) in [6.07, 6.45) is 0. The molecule has 0 unspecified atom stereocenters. The summed E-state index contributed by atoms with van der Waals surface area (Å²) in [7, 11) is 1.58. The van der Waals surface area contributed by atoms with Crippen molar-refractivity contribution in [3.63, 3.8) is 0 Å². The Morgan fingerprint density at radius 1 is 0.588 bits per heavy atom. The maximum Gasteiger partial charge on any atom is 0.147 e. The molecule has 3 rings (SSSR count). The first-order valence-corrected chi connectivity index (χ1v) is 18.7. The second-order valence-corrected chi connectivity index (χ2v) is 20.9. The summed E-state index contributed by atoms with van der Waals surface area (Å²) in [5, 5.41) is 0. The molecule has 2 aromatic carbocycles. The first-order chi connectivity index (χ1) is 15.8. The van der Waals surface area contributed by atoms with Gasteiger partial charge in [0.15, 0.2) is 0 Å². The van der Waals surface area contributed by atoms with Crippen LogP contribution in [0.15, 0.2) is 79.9 Å². The summed E-state index contributed by atoms with van der Waals surface area (Å²) >= 11 is 0. The largest absolute Gasteiger partial charge is 0.401 e. The Labute approximate surface area is 208 Å². The SMILES string of the molecule is C=C(c1ccc(N(C)[Si](C)(C)C)cc1)c1cccc(C(=C)c2ccc(N(C)[Si](C)(C)C)cc2)n1. The molecule has 0 saturated carbocycles. The molecule has 0 bridgehead atoms. The van der Waals surface area contributed by atoms with Crippen LogP contribution in [0.25, 0.3) is 11.1 Å². The van der Waals surface area contributed by atoms with Crippen LogP contribution in [0.4, 0.5) is 11.4 Å². The van der Waals surface area contributed by atoms with E-state index in [4.69, 9.17) is 4.98 Å². The number of nitrogens with zero attached hydrogens (tertiary/aromatic N) is 3. The Balaban J connectivity index is 1.80. The predicted octanol–water partition coefficient (Wildman–Crippen LogP) is 7.75. The van der Waals surface area contributed by atoms with Gasteiger partial charge in [-0.25, -0.2) is 4.98 Å². The van der Waals surface area contributed by atoms with Crippen molar-refractivity contribution >= 4 is 39.0 Å². The van der Waals surface area contributed by atoms with E-state index in [0.29, 0.717) is 0 Å². The fourth-order valence-corrected chi connectivity index (χ4v) is 5.46. The fraction of sp³-hybridized carbons (Fsp3) is 0.276. The molecule has 0 aliphatic carbocycles. The molecule has 1 heterocycles. The Kier molecular flexibility index (Phi) is 7.39. The van der Waals surface area contributed by atoms with Crippen LogP contribution in [-0.2, 0) is 0 Å². The molecule has 178 valence electrons. The van der Waals surface area contributed by atoms with E-state index in [1.807, 2.05) is 18.2 Å². The van der Waals surface area contributed by atoms with Crippen molar-refractivity contribution in [3.05, 3.63) is 102 Å². The summed E-state index contributed by atoms with van der Waals surface area (Å²) in [5.74, 6) is 0. The number of aromatic nitrogens is 1. The normalized spacial score (nSPS) is 11.8. The Bertz CT molecular complexity index is 1080. The van der Waals surface area contributed by atoms with E-state index in [1.54, 1.807) is 0 Å². The van der Waals surface area contributed by atoms with Gasteiger partial charge in [-0.15, -0.1) is 0 Å². The van der Waals surface area contributed by atoms with E-state index >= 15 is 0 Å². The zero-order valence-corrected chi connectivity index (χ0v) is 24.1. The van der Waals surface area contributed by atoms with Crippen molar-refractivity contribution in [2.24, 2.45) is 0 Å². The molecule has 34 heavy (non-hydrogen) atoms. The third kappa shape index (κ3) is 5.77. The summed E-state index contributed by atoms with van der Waals surface area (Å²) < 4.78 is 4.82. The second-order valence-electron chi connectivity index (χ2n) is 10.9. The highest BCUT2D eigenvalue weighted by Crippen LogP contribution is 2.28. The lowest BCUT2D eigenvalue weighted by Crippen LogP contribution is -2.43. The molecule has 0 atom stereocenters. The van der Waals surface area contributed by atoms with Gasteiger partial charge in [0, 0.05) is 22.5 Å². The van der Waals surface area contributed by atoms with Gasteiger partial charge in [-0.1, -0.05) is 82.8 Å². The highest BCUT2D eigenvalue weighted by Gasteiger charge is 2.21. The maximum absolute atomic E-state index is 4.91. The zero-order chi connectivity index (χ0) is 25.3. The van der Waals surface area contributed by atoms with Gasteiger partial charge in [0.05, 0.1) is 11.4 Å². The molecule has 5 heteroatoms. The average Bonchev–Trinajstić information content (AvgIpc) is 2.81. The van der Waals surface area contributed by atoms with Crippen molar-refractivity contribution < 1.29 is 0 Å². The maximum atomic E-state index is 4.91. The standard InChI is InChI=1S/C29H39N3Si2/c1-22(24-14-18-26(19-15-24)31(3)33(5,6)7)28-12-11-13-29(30-28)23(2)25-16-20-27(21-17-25)32(4)34(8,9)10/h11-21H,1-2H2,3-10H3. The van der Waals surface area contributed by atoms with Gasteiger partial charge < -0.3 is 9.13 Å². The van der Waals surface area contributed by atoms with Gasteiger partial charge in [-0.3, -0.25) is 0 Å². The lowest BCUT2D eigenvalue weighted by molar-refractivity contribution is 1.22. The van der Waals surface area contributed by atoms with Crippen molar-refractivity contribution in [3.8, 4) is 0 Å². The molecule has 0 spiro atoms. The van der Waals surface area contributed by atoms with E-state index in [1.165, 1.54) is 11.4 Å². The Hall–Kier alpha value is -2.90. The molecule has 0 fully saturated rings. The minimum atomic E-state index is -1.39. The van der Waals surface area contributed by atoms with E-state index in [9.17, 15) is 0 Å². The number of rotatable bonds is 8. The molecule has 0 radical (unpaired) electrons. The molecule has 0 N–H and O–H groups in total. The first kappa shape index (κ1) is 25.7. The molecule has 3 aromatic rings. The minimum Gasteiger partial charge on any atom is -0.401 e. The zero-order valence-electron chi connectivity index (χ0n) is 22.1. The van der Waals surface area contributed by atoms with Gasteiger partial charge in [0.2, 0.25) is 0 Å². The number of benzene rings is 2. The fourth-order valence-electron chi connectivity index (χ4n) is 3.61.